The number of benzene rings is 2. The van der Waals surface area contributed by atoms with Gasteiger partial charge in [0.1, 0.15) is 11.5 Å². The molecule has 0 radical (unpaired) electrons. The standard InChI is InChI=1S/C22H24N2O6/c1-28-21(26)19-9-14(5-11-4-12(23)6-16(11)19)29-10-30-22(27)15-2-3-20(25)18-8-13(24)7-17(15)18/h2-3,5,9,12-13,25H,4,6-8,10,23-24H2,1H3. The molecule has 0 heterocycles. The van der Waals surface area contributed by atoms with Gasteiger partial charge in [-0.3, -0.25) is 0 Å². The van der Waals surface area contributed by atoms with E-state index < -0.39 is 11.9 Å². The van der Waals surface area contributed by atoms with Crippen LogP contribution in [0.2, 0.25) is 0 Å². The summed E-state index contributed by atoms with van der Waals surface area (Å²) in [5.74, 6) is -0.484. The van der Waals surface area contributed by atoms with Gasteiger partial charge in [0.2, 0.25) is 6.79 Å². The maximum Gasteiger partial charge on any atom is 0.341 e. The topological polar surface area (TPSA) is 134 Å². The first-order valence-electron chi connectivity index (χ1n) is 9.76. The zero-order valence-electron chi connectivity index (χ0n) is 16.6. The zero-order chi connectivity index (χ0) is 21.4. The van der Waals surface area contributed by atoms with Crippen LogP contribution in [0.25, 0.3) is 0 Å². The minimum absolute atomic E-state index is 0.0561. The average Bonchev–Trinajstić information content (AvgIpc) is 3.28. The maximum absolute atomic E-state index is 12.5. The number of phenolic OH excluding ortho intramolecular Hbond substituents is 1. The number of esters is 2. The van der Waals surface area contributed by atoms with Crippen molar-refractivity contribution >= 4 is 11.9 Å². The third-order valence-electron chi connectivity index (χ3n) is 5.64. The summed E-state index contributed by atoms with van der Waals surface area (Å²) in [5.41, 5.74) is 16.0. The maximum atomic E-state index is 12.5. The summed E-state index contributed by atoms with van der Waals surface area (Å²) in [6.07, 6.45) is 2.26. The molecule has 2 unspecified atom stereocenters. The molecular formula is C22H24N2O6. The highest BCUT2D eigenvalue weighted by Gasteiger charge is 2.28. The number of rotatable bonds is 5. The van der Waals surface area contributed by atoms with Crippen LogP contribution >= 0.6 is 0 Å². The van der Waals surface area contributed by atoms with Crippen molar-refractivity contribution in [2.75, 3.05) is 13.9 Å². The lowest BCUT2D eigenvalue weighted by Crippen LogP contribution is -2.19. The van der Waals surface area contributed by atoms with Crippen molar-refractivity contribution in [1.82, 2.24) is 0 Å². The molecule has 0 bridgehead atoms. The Kier molecular flexibility index (Phi) is 5.36. The van der Waals surface area contributed by atoms with E-state index in [0.717, 1.165) is 11.1 Å². The molecule has 5 N–H and O–H groups in total. The molecule has 158 valence electrons. The van der Waals surface area contributed by atoms with E-state index in [9.17, 15) is 14.7 Å². The van der Waals surface area contributed by atoms with Crippen molar-refractivity contribution in [3.63, 3.8) is 0 Å². The Bertz CT molecular complexity index is 1020. The Morgan fingerprint density at radius 2 is 1.67 bits per heavy atom. The van der Waals surface area contributed by atoms with Crippen molar-refractivity contribution < 1.29 is 28.9 Å². The fourth-order valence-corrected chi connectivity index (χ4v) is 4.28. The molecule has 4 rings (SSSR count). The smallest absolute Gasteiger partial charge is 0.341 e. The molecule has 2 atom stereocenters. The summed E-state index contributed by atoms with van der Waals surface area (Å²) in [6.45, 7) is -0.327. The lowest BCUT2D eigenvalue weighted by atomic mass is 10.0. The quantitative estimate of drug-likeness (QED) is 0.493. The van der Waals surface area contributed by atoms with E-state index in [4.69, 9.17) is 25.7 Å². The molecule has 2 aromatic rings. The third-order valence-corrected chi connectivity index (χ3v) is 5.64. The third kappa shape index (κ3) is 3.71. The second kappa shape index (κ2) is 7.97. The highest BCUT2D eigenvalue weighted by atomic mass is 16.7. The van der Waals surface area contributed by atoms with Gasteiger partial charge in [0.05, 0.1) is 18.2 Å². The fourth-order valence-electron chi connectivity index (χ4n) is 4.28. The van der Waals surface area contributed by atoms with Gasteiger partial charge in [-0.05, 0) is 72.2 Å². The van der Waals surface area contributed by atoms with Crippen molar-refractivity contribution in [3.8, 4) is 11.5 Å². The molecule has 8 nitrogen and oxygen atoms in total. The normalized spacial score (nSPS) is 19.2. The van der Waals surface area contributed by atoms with Crippen LogP contribution in [0.15, 0.2) is 24.3 Å². The molecule has 0 amide bonds. The Balaban J connectivity index is 1.47. The molecule has 0 aliphatic heterocycles. The Labute approximate surface area is 173 Å². The van der Waals surface area contributed by atoms with Gasteiger partial charge in [0.15, 0.2) is 0 Å². The lowest BCUT2D eigenvalue weighted by molar-refractivity contribution is 0.0151. The number of nitrogens with two attached hydrogens (primary N) is 2. The van der Waals surface area contributed by atoms with E-state index in [2.05, 4.69) is 0 Å². The predicted molar refractivity (Wildman–Crippen MR) is 108 cm³/mol. The molecule has 0 fully saturated rings. The minimum Gasteiger partial charge on any atom is -0.508 e. The summed E-state index contributed by atoms with van der Waals surface area (Å²) in [6, 6.07) is 6.19. The van der Waals surface area contributed by atoms with Gasteiger partial charge < -0.3 is 30.8 Å². The van der Waals surface area contributed by atoms with E-state index in [1.165, 1.54) is 19.2 Å². The van der Waals surface area contributed by atoms with Crippen molar-refractivity contribution in [1.29, 1.82) is 0 Å². The average molecular weight is 412 g/mol. The first-order valence-corrected chi connectivity index (χ1v) is 9.76. The van der Waals surface area contributed by atoms with E-state index in [1.807, 2.05) is 0 Å². The van der Waals surface area contributed by atoms with Gasteiger partial charge in [-0.1, -0.05) is 0 Å². The molecule has 0 saturated carbocycles. The summed E-state index contributed by atoms with van der Waals surface area (Å²) in [4.78, 5) is 24.7. The predicted octanol–water partition coefficient (Wildman–Crippen LogP) is 1.22. The Morgan fingerprint density at radius 1 is 0.967 bits per heavy atom. The largest absolute Gasteiger partial charge is 0.508 e. The first-order chi connectivity index (χ1) is 14.4. The van der Waals surface area contributed by atoms with Crippen LogP contribution in [0, 0.1) is 0 Å². The summed E-state index contributed by atoms with van der Waals surface area (Å²) >= 11 is 0. The SMILES string of the molecule is COC(=O)c1cc(OCOC(=O)c2ccc(O)c3c2CC(N)C3)cc2c1CC(N)C2. The number of phenols is 1. The molecule has 0 spiro atoms. The number of carbonyl (C=O) groups is 2. The van der Waals surface area contributed by atoms with Gasteiger partial charge >= 0.3 is 11.9 Å². The number of carbonyl (C=O) groups excluding carboxylic acids is 2. The summed E-state index contributed by atoms with van der Waals surface area (Å²) < 4.78 is 15.7. The number of hydrogen-bond donors (Lipinski definition) is 3. The highest BCUT2D eigenvalue weighted by molar-refractivity contribution is 5.93. The van der Waals surface area contributed by atoms with Crippen LogP contribution in [0.3, 0.4) is 0 Å². The second-order valence-corrected chi connectivity index (χ2v) is 7.72. The van der Waals surface area contributed by atoms with Crippen LogP contribution in [0.4, 0.5) is 0 Å². The van der Waals surface area contributed by atoms with Gasteiger partial charge in [0, 0.05) is 12.1 Å². The van der Waals surface area contributed by atoms with Gasteiger partial charge in [-0.2, -0.15) is 0 Å². The monoisotopic (exact) mass is 412 g/mol. The van der Waals surface area contributed by atoms with Crippen LogP contribution < -0.4 is 16.2 Å². The molecule has 8 heteroatoms. The minimum atomic E-state index is -0.559. The van der Waals surface area contributed by atoms with Crippen molar-refractivity contribution in [2.45, 2.75) is 37.8 Å². The van der Waals surface area contributed by atoms with Gasteiger partial charge in [0.25, 0.3) is 0 Å². The number of ether oxygens (including phenoxy) is 3. The number of aromatic hydroxyl groups is 1. The molecule has 0 aromatic heterocycles. The lowest BCUT2D eigenvalue weighted by Gasteiger charge is -2.13. The summed E-state index contributed by atoms with van der Waals surface area (Å²) in [7, 11) is 1.32. The van der Waals surface area contributed by atoms with E-state index in [0.29, 0.717) is 53.7 Å². The molecular weight excluding hydrogens is 388 g/mol. The van der Waals surface area contributed by atoms with Crippen LogP contribution in [0.5, 0.6) is 11.5 Å². The van der Waals surface area contributed by atoms with E-state index in [-0.39, 0.29) is 24.6 Å². The molecule has 2 aliphatic carbocycles. The first kappa shape index (κ1) is 20.2. The zero-order valence-corrected chi connectivity index (χ0v) is 16.6. The van der Waals surface area contributed by atoms with Gasteiger partial charge in [-0.25, -0.2) is 9.59 Å². The van der Waals surface area contributed by atoms with Crippen molar-refractivity contribution in [3.05, 3.63) is 57.6 Å². The molecule has 0 saturated heterocycles. The Morgan fingerprint density at radius 3 is 2.43 bits per heavy atom. The van der Waals surface area contributed by atoms with Gasteiger partial charge in [-0.15, -0.1) is 0 Å². The van der Waals surface area contributed by atoms with Crippen LogP contribution in [0.1, 0.15) is 43.0 Å². The fraction of sp³-hybridized carbons (Fsp3) is 0.364. The highest BCUT2D eigenvalue weighted by Crippen LogP contribution is 2.33. The number of methoxy groups -OCH3 is 1. The van der Waals surface area contributed by atoms with Crippen LogP contribution in [-0.4, -0.2) is 43.0 Å². The molecule has 2 aliphatic rings. The van der Waals surface area contributed by atoms with E-state index >= 15 is 0 Å². The number of hydrogen-bond acceptors (Lipinski definition) is 8. The number of fused-ring (bicyclic) bond motifs is 2. The van der Waals surface area contributed by atoms with Crippen LogP contribution in [-0.2, 0) is 35.2 Å². The van der Waals surface area contributed by atoms with E-state index in [1.54, 1.807) is 12.1 Å². The van der Waals surface area contributed by atoms with Crippen molar-refractivity contribution in [2.24, 2.45) is 11.5 Å². The Hall–Kier alpha value is -3.10. The molecule has 2 aromatic carbocycles. The second-order valence-electron chi connectivity index (χ2n) is 7.72. The molecule has 30 heavy (non-hydrogen) atoms. The summed E-state index contributed by atoms with van der Waals surface area (Å²) in [5, 5.41) is 9.99.